The first-order chi connectivity index (χ1) is 11.5. The number of aromatic nitrogens is 3. The summed E-state index contributed by atoms with van der Waals surface area (Å²) in [5.41, 5.74) is -0.0877. The van der Waals surface area contributed by atoms with Crippen LogP contribution in [0.25, 0.3) is 0 Å². The number of likely N-dealkylation sites (N-methyl/N-ethyl adjacent to an activating group) is 1. The molecule has 0 saturated carbocycles. The fourth-order valence-electron chi connectivity index (χ4n) is 3.19. The summed E-state index contributed by atoms with van der Waals surface area (Å²) in [5, 5.41) is 4.40. The van der Waals surface area contributed by atoms with Crippen molar-refractivity contribution in [1.29, 1.82) is 0 Å². The lowest BCUT2D eigenvalue weighted by Crippen LogP contribution is -2.44. The predicted molar refractivity (Wildman–Crippen MR) is 91.1 cm³/mol. The van der Waals surface area contributed by atoms with E-state index in [1.807, 2.05) is 23.8 Å². The molecule has 1 aliphatic rings. The lowest BCUT2D eigenvalue weighted by molar-refractivity contribution is -0.133. The average molecular weight is 339 g/mol. The molecule has 1 saturated heterocycles. The molecule has 0 N–H and O–H groups in total. The molecule has 0 aromatic carbocycles. The summed E-state index contributed by atoms with van der Waals surface area (Å²) in [6.07, 6.45) is 1.90. The quantitative estimate of drug-likeness (QED) is 0.693. The number of carbonyl (C=O) groups is 1. The number of likely N-dealkylation sites (tertiary alicyclic amines) is 1. The van der Waals surface area contributed by atoms with Crippen LogP contribution in [0.3, 0.4) is 0 Å². The number of piperidine rings is 1. The second-order valence-corrected chi connectivity index (χ2v) is 6.42. The van der Waals surface area contributed by atoms with Crippen molar-refractivity contribution in [2.24, 2.45) is 7.05 Å². The summed E-state index contributed by atoms with van der Waals surface area (Å²) in [5.74, 6) is 1.05. The van der Waals surface area contributed by atoms with Crippen LogP contribution in [0.4, 0.5) is 0 Å². The summed E-state index contributed by atoms with van der Waals surface area (Å²) in [7, 11) is 5.26. The molecule has 1 aromatic rings. The largest absolute Gasteiger partial charge is 0.383 e. The molecule has 24 heavy (non-hydrogen) atoms. The number of aryl methyl sites for hydroxylation is 1. The molecule has 0 aliphatic carbocycles. The normalized spacial score (nSPS) is 18.4. The minimum Gasteiger partial charge on any atom is -0.383 e. The van der Waals surface area contributed by atoms with Crippen LogP contribution in [0, 0.1) is 0 Å². The fourth-order valence-corrected chi connectivity index (χ4v) is 3.19. The zero-order valence-corrected chi connectivity index (χ0v) is 15.2. The van der Waals surface area contributed by atoms with Crippen LogP contribution in [0.5, 0.6) is 0 Å². The smallest absolute Gasteiger partial charge is 0.345 e. The van der Waals surface area contributed by atoms with Gasteiger partial charge in [0.05, 0.1) is 13.2 Å². The maximum absolute atomic E-state index is 12.5. The van der Waals surface area contributed by atoms with Crippen molar-refractivity contribution in [2.45, 2.75) is 32.2 Å². The van der Waals surface area contributed by atoms with Gasteiger partial charge in [0.2, 0.25) is 5.91 Å². The first kappa shape index (κ1) is 18.7. The Hall–Kier alpha value is -1.67. The van der Waals surface area contributed by atoms with E-state index in [9.17, 15) is 9.59 Å². The van der Waals surface area contributed by atoms with Crippen molar-refractivity contribution in [2.75, 3.05) is 46.9 Å². The van der Waals surface area contributed by atoms with Crippen LogP contribution in [0.1, 0.15) is 31.5 Å². The summed E-state index contributed by atoms with van der Waals surface area (Å²) in [4.78, 5) is 28.5. The Bertz CT molecular complexity index is 609. The zero-order valence-electron chi connectivity index (χ0n) is 15.2. The number of rotatable bonds is 7. The molecule has 1 aliphatic heterocycles. The zero-order chi connectivity index (χ0) is 17.7. The fraction of sp³-hybridized carbons (Fsp3) is 0.812. The molecule has 1 aromatic heterocycles. The highest BCUT2D eigenvalue weighted by Crippen LogP contribution is 2.25. The molecule has 8 heteroatoms. The molecule has 1 amide bonds. The lowest BCUT2D eigenvalue weighted by Gasteiger charge is -2.33. The van der Waals surface area contributed by atoms with Gasteiger partial charge < -0.3 is 9.64 Å². The number of carbonyl (C=O) groups excluding carboxylic acids is 1. The van der Waals surface area contributed by atoms with Gasteiger partial charge in [-0.2, -0.15) is 5.10 Å². The van der Waals surface area contributed by atoms with Crippen LogP contribution in [0.15, 0.2) is 4.79 Å². The first-order valence-electron chi connectivity index (χ1n) is 8.56. The van der Waals surface area contributed by atoms with Crippen LogP contribution in [-0.2, 0) is 23.1 Å². The maximum atomic E-state index is 12.5. The minimum absolute atomic E-state index is 0.0877. The molecule has 0 spiro atoms. The SMILES string of the molecule is CCn1c([C@@H]2CCCN(C(=O)CN(C)CCOC)C2)nn(C)c1=O. The van der Waals surface area contributed by atoms with Crippen molar-refractivity contribution in [3.8, 4) is 0 Å². The van der Waals surface area contributed by atoms with Gasteiger partial charge in [0.1, 0.15) is 5.82 Å². The highest BCUT2D eigenvalue weighted by molar-refractivity contribution is 5.78. The van der Waals surface area contributed by atoms with E-state index < -0.39 is 0 Å². The highest BCUT2D eigenvalue weighted by Gasteiger charge is 2.29. The number of amides is 1. The number of ether oxygens (including phenoxy) is 1. The molecule has 8 nitrogen and oxygen atoms in total. The topological polar surface area (TPSA) is 72.6 Å². The van der Waals surface area contributed by atoms with Crippen LogP contribution in [0.2, 0.25) is 0 Å². The van der Waals surface area contributed by atoms with E-state index in [0.29, 0.717) is 26.2 Å². The van der Waals surface area contributed by atoms with Crippen LogP contribution >= 0.6 is 0 Å². The monoisotopic (exact) mass is 339 g/mol. The number of hydrogen-bond acceptors (Lipinski definition) is 5. The second-order valence-electron chi connectivity index (χ2n) is 6.42. The van der Waals surface area contributed by atoms with E-state index in [2.05, 4.69) is 5.10 Å². The van der Waals surface area contributed by atoms with Crippen LogP contribution < -0.4 is 5.69 Å². The molecule has 0 radical (unpaired) electrons. The first-order valence-corrected chi connectivity index (χ1v) is 8.56. The van der Waals surface area contributed by atoms with Crippen molar-refractivity contribution >= 4 is 5.91 Å². The van der Waals surface area contributed by atoms with Crippen LogP contribution in [-0.4, -0.2) is 77.0 Å². The van der Waals surface area contributed by atoms with Gasteiger partial charge >= 0.3 is 5.69 Å². The minimum atomic E-state index is -0.0877. The van der Waals surface area contributed by atoms with Gasteiger partial charge in [-0.05, 0) is 26.8 Å². The Morgan fingerprint density at radius 2 is 2.21 bits per heavy atom. The third-order valence-corrected chi connectivity index (χ3v) is 4.57. The average Bonchev–Trinajstić information content (AvgIpc) is 2.87. The Balaban J connectivity index is 2.03. The Kier molecular flexibility index (Phi) is 6.56. The van der Waals surface area contributed by atoms with Gasteiger partial charge in [0.25, 0.3) is 0 Å². The molecule has 0 bridgehead atoms. The summed E-state index contributed by atoms with van der Waals surface area (Å²) < 4.78 is 8.14. The molecule has 2 rings (SSSR count). The van der Waals surface area contributed by atoms with Gasteiger partial charge in [-0.3, -0.25) is 14.3 Å². The van der Waals surface area contributed by atoms with E-state index >= 15 is 0 Å². The van der Waals surface area contributed by atoms with E-state index in [-0.39, 0.29) is 17.5 Å². The molecule has 136 valence electrons. The predicted octanol–water partition coefficient (Wildman–Crippen LogP) is -0.114. The third-order valence-electron chi connectivity index (χ3n) is 4.57. The Morgan fingerprint density at radius 3 is 2.88 bits per heavy atom. The second kappa shape index (κ2) is 8.43. The van der Waals surface area contributed by atoms with Gasteiger partial charge in [0, 0.05) is 46.3 Å². The molecule has 2 heterocycles. The highest BCUT2D eigenvalue weighted by atomic mass is 16.5. The molecule has 1 fully saturated rings. The van der Waals surface area contributed by atoms with E-state index in [1.54, 1.807) is 18.7 Å². The van der Waals surface area contributed by atoms with Crippen molar-refractivity contribution in [1.82, 2.24) is 24.1 Å². The number of methoxy groups -OCH3 is 1. The van der Waals surface area contributed by atoms with E-state index in [1.165, 1.54) is 4.68 Å². The number of nitrogens with zero attached hydrogens (tertiary/aromatic N) is 5. The molecule has 0 unspecified atom stereocenters. The molecular weight excluding hydrogens is 310 g/mol. The van der Waals surface area contributed by atoms with Gasteiger partial charge in [-0.1, -0.05) is 0 Å². The van der Waals surface area contributed by atoms with Crippen molar-refractivity contribution < 1.29 is 9.53 Å². The van der Waals surface area contributed by atoms with Gasteiger partial charge in [-0.25, -0.2) is 9.48 Å². The number of hydrogen-bond donors (Lipinski definition) is 0. The molecule has 1 atom stereocenters. The van der Waals surface area contributed by atoms with Crippen molar-refractivity contribution in [3.63, 3.8) is 0 Å². The third kappa shape index (κ3) is 4.24. The van der Waals surface area contributed by atoms with E-state index in [4.69, 9.17) is 4.74 Å². The van der Waals surface area contributed by atoms with E-state index in [0.717, 1.165) is 31.8 Å². The lowest BCUT2D eigenvalue weighted by atomic mass is 9.97. The van der Waals surface area contributed by atoms with Crippen molar-refractivity contribution in [3.05, 3.63) is 16.3 Å². The maximum Gasteiger partial charge on any atom is 0.345 e. The van der Waals surface area contributed by atoms with Gasteiger partial charge in [-0.15, -0.1) is 0 Å². The molecular formula is C16H29N5O3. The van der Waals surface area contributed by atoms with Gasteiger partial charge in [0.15, 0.2) is 0 Å². The Labute approximate surface area is 143 Å². The summed E-state index contributed by atoms with van der Waals surface area (Å²) >= 11 is 0. The summed E-state index contributed by atoms with van der Waals surface area (Å²) in [6.45, 7) is 5.69. The Morgan fingerprint density at radius 1 is 1.46 bits per heavy atom. The standard InChI is InChI=1S/C16H29N5O3/c1-5-21-15(17-19(3)16(21)23)13-7-6-8-20(11-13)14(22)12-18(2)9-10-24-4/h13H,5-12H2,1-4H3/t13-/m1/s1. The summed E-state index contributed by atoms with van der Waals surface area (Å²) in [6, 6.07) is 0.